The van der Waals surface area contributed by atoms with Crippen LogP contribution < -0.4 is 10.0 Å². The maximum atomic E-state index is 12.9. The number of alkyl halides is 3. The van der Waals surface area contributed by atoms with Gasteiger partial charge in [-0.05, 0) is 24.3 Å². The number of rotatable bonds is 2. The van der Waals surface area contributed by atoms with E-state index in [0.29, 0.717) is 0 Å². The Labute approximate surface area is 148 Å². The first-order valence-corrected chi connectivity index (χ1v) is 8.69. The highest BCUT2D eigenvalue weighted by molar-refractivity contribution is 7.40. The van der Waals surface area contributed by atoms with Gasteiger partial charge in [-0.25, -0.2) is 4.79 Å². The minimum Gasteiger partial charge on any atom is -0.305 e. The van der Waals surface area contributed by atoms with Gasteiger partial charge in [0.2, 0.25) is 4.70 Å². The van der Waals surface area contributed by atoms with Crippen molar-refractivity contribution in [3.63, 3.8) is 0 Å². The molecule has 130 valence electrons. The average Bonchev–Trinajstić information content (AvgIpc) is 2.84. The molecule has 0 fully saturated rings. The summed E-state index contributed by atoms with van der Waals surface area (Å²) in [5.74, 6) is 0. The number of hydrogen-bond donors (Lipinski definition) is 2. The van der Waals surface area contributed by atoms with E-state index in [1.165, 1.54) is 6.07 Å². The molecule has 0 saturated heterocycles. The number of aromatic nitrogens is 1. The fraction of sp³-hybridized carbons (Fsp3) is 0.125. The molecule has 1 heterocycles. The van der Waals surface area contributed by atoms with Gasteiger partial charge in [0.15, 0.2) is 0 Å². The maximum Gasteiger partial charge on any atom is 0.417 e. The van der Waals surface area contributed by atoms with Gasteiger partial charge >= 0.3 is 12.2 Å². The van der Waals surface area contributed by atoms with Crippen LogP contribution in [0.1, 0.15) is 10.6 Å². The molecular formula is C16H12ClF3N3OS+. The summed E-state index contributed by atoms with van der Waals surface area (Å²) in [4.78, 5) is 16.6. The van der Waals surface area contributed by atoms with Gasteiger partial charge in [0.1, 0.15) is 16.2 Å². The molecule has 0 radical (unpaired) electrons. The molecular weight excluding hydrogens is 375 g/mol. The number of nitrogens with zero attached hydrogens (tertiary/aromatic N) is 1. The summed E-state index contributed by atoms with van der Waals surface area (Å²) in [5.41, 5.74) is -0.229. The van der Waals surface area contributed by atoms with Crippen molar-refractivity contribution in [2.24, 2.45) is 0 Å². The SMILES string of the molecule is Cc1nc2ccccc2[s+]1NC(=O)Nc1ccc(Cl)c(C(F)(F)F)c1. The Kier molecular flexibility index (Phi) is 4.57. The molecule has 9 heteroatoms. The van der Waals surface area contributed by atoms with E-state index in [1.54, 1.807) is 6.92 Å². The Morgan fingerprint density at radius 2 is 1.92 bits per heavy atom. The van der Waals surface area contributed by atoms with Gasteiger partial charge in [-0.3, -0.25) is 0 Å². The van der Waals surface area contributed by atoms with Gasteiger partial charge in [-0.2, -0.15) is 18.2 Å². The summed E-state index contributed by atoms with van der Waals surface area (Å²) in [5, 5.41) is 2.71. The topological polar surface area (TPSA) is 54.0 Å². The highest BCUT2D eigenvalue weighted by atomic mass is 35.5. The molecule has 1 aromatic heterocycles. The number of thiazole rings is 1. The second-order valence-electron chi connectivity index (χ2n) is 5.15. The third kappa shape index (κ3) is 3.69. The number of benzene rings is 2. The monoisotopic (exact) mass is 386 g/mol. The van der Waals surface area contributed by atoms with E-state index in [-0.39, 0.29) is 5.69 Å². The van der Waals surface area contributed by atoms with E-state index in [0.717, 1.165) is 27.4 Å². The number of para-hydroxylation sites is 1. The van der Waals surface area contributed by atoms with Crippen molar-refractivity contribution < 1.29 is 18.0 Å². The zero-order valence-corrected chi connectivity index (χ0v) is 14.4. The fourth-order valence-corrected chi connectivity index (χ4v) is 4.06. The Morgan fingerprint density at radius 3 is 2.64 bits per heavy atom. The molecule has 25 heavy (non-hydrogen) atoms. The van der Waals surface area contributed by atoms with Crippen molar-refractivity contribution in [3.8, 4) is 0 Å². The van der Waals surface area contributed by atoms with Crippen molar-refractivity contribution in [1.82, 2.24) is 4.98 Å². The second kappa shape index (κ2) is 6.53. The molecule has 0 aliphatic heterocycles. The molecule has 4 nitrogen and oxygen atoms in total. The summed E-state index contributed by atoms with van der Waals surface area (Å²) in [6.07, 6.45) is -4.60. The van der Waals surface area contributed by atoms with Crippen molar-refractivity contribution in [2.75, 3.05) is 10.0 Å². The van der Waals surface area contributed by atoms with Crippen LogP contribution in [0.5, 0.6) is 0 Å². The zero-order chi connectivity index (χ0) is 18.2. The van der Waals surface area contributed by atoms with E-state index >= 15 is 0 Å². The Morgan fingerprint density at radius 1 is 1.20 bits per heavy atom. The number of anilines is 1. The number of urea groups is 1. The standard InChI is InChI=1S/C16H11ClF3N3OS/c1-9-21-13-4-2-3-5-14(13)25(9)23-15(24)22-10-6-7-12(17)11(8-10)16(18,19)20/h2-8H,1H3,(H-,22,23,24)/p+1. The molecule has 0 aliphatic carbocycles. The number of carbonyl (C=O) groups is 1. The van der Waals surface area contributed by atoms with E-state index in [4.69, 9.17) is 11.6 Å². The maximum absolute atomic E-state index is 12.9. The first kappa shape index (κ1) is 17.5. The number of fused-ring (bicyclic) bond motifs is 1. The summed E-state index contributed by atoms with van der Waals surface area (Å²) in [6, 6.07) is 9.95. The lowest BCUT2D eigenvalue weighted by Gasteiger charge is -2.11. The molecule has 1 atom stereocenters. The summed E-state index contributed by atoms with van der Waals surface area (Å²) in [7, 11) is -0.738. The normalized spacial score (nSPS) is 12.3. The van der Waals surface area contributed by atoms with Crippen molar-refractivity contribution in [2.45, 2.75) is 13.1 Å². The van der Waals surface area contributed by atoms with Crippen LogP contribution in [0.25, 0.3) is 10.2 Å². The number of nitrogens with one attached hydrogen (secondary N) is 2. The number of carbonyl (C=O) groups excluding carboxylic acids is 1. The van der Waals surface area contributed by atoms with Crippen LogP contribution in [0, 0.1) is 6.92 Å². The molecule has 0 aliphatic rings. The molecule has 2 aromatic carbocycles. The van der Waals surface area contributed by atoms with Crippen LogP contribution in [-0.2, 0) is 6.18 Å². The van der Waals surface area contributed by atoms with Crippen LogP contribution in [0.2, 0.25) is 5.02 Å². The number of halogens is 4. The molecule has 2 N–H and O–H groups in total. The third-order valence-corrected chi connectivity index (χ3v) is 5.57. The van der Waals surface area contributed by atoms with Gasteiger partial charge in [0.25, 0.3) is 5.01 Å². The van der Waals surface area contributed by atoms with E-state index in [9.17, 15) is 18.0 Å². The lowest BCUT2D eigenvalue weighted by atomic mass is 10.2. The lowest BCUT2D eigenvalue weighted by Crippen LogP contribution is -2.19. The van der Waals surface area contributed by atoms with Crippen molar-refractivity contribution in [1.29, 1.82) is 0 Å². The van der Waals surface area contributed by atoms with Crippen LogP contribution in [0.4, 0.5) is 23.7 Å². The zero-order valence-electron chi connectivity index (χ0n) is 12.8. The molecule has 1 unspecified atom stereocenters. The van der Waals surface area contributed by atoms with Crippen LogP contribution in [0.3, 0.4) is 0 Å². The van der Waals surface area contributed by atoms with Gasteiger partial charge in [0, 0.05) is 18.7 Å². The third-order valence-electron chi connectivity index (χ3n) is 3.38. The summed E-state index contributed by atoms with van der Waals surface area (Å²) in [6.45, 7) is 1.79. The van der Waals surface area contributed by atoms with E-state index < -0.39 is 33.4 Å². The molecule has 0 bridgehead atoms. The quantitative estimate of drug-likeness (QED) is 0.552. The van der Waals surface area contributed by atoms with Crippen LogP contribution >= 0.6 is 22.3 Å². The smallest absolute Gasteiger partial charge is 0.305 e. The minimum absolute atomic E-state index is 0.0000936. The highest BCUT2D eigenvalue weighted by Crippen LogP contribution is 2.36. The molecule has 2 amide bonds. The summed E-state index contributed by atoms with van der Waals surface area (Å²) >= 11 is 5.57. The van der Waals surface area contributed by atoms with Gasteiger partial charge < -0.3 is 5.32 Å². The van der Waals surface area contributed by atoms with Crippen molar-refractivity contribution in [3.05, 3.63) is 58.1 Å². The van der Waals surface area contributed by atoms with Gasteiger partial charge in [0.05, 0.1) is 10.6 Å². The number of hydrogen-bond acceptors (Lipinski definition) is 2. The number of aryl methyl sites for hydroxylation is 1. The van der Waals surface area contributed by atoms with Crippen LogP contribution in [0.15, 0.2) is 42.5 Å². The van der Waals surface area contributed by atoms with E-state index in [2.05, 4.69) is 15.0 Å². The van der Waals surface area contributed by atoms with E-state index in [1.807, 2.05) is 24.3 Å². The second-order valence-corrected chi connectivity index (χ2v) is 7.41. The lowest BCUT2D eigenvalue weighted by molar-refractivity contribution is -0.137. The Hall–Kier alpha value is -2.32. The first-order valence-electron chi connectivity index (χ1n) is 7.09. The minimum atomic E-state index is -4.60. The molecule has 0 spiro atoms. The average molecular weight is 387 g/mol. The van der Waals surface area contributed by atoms with Crippen LogP contribution in [-0.4, -0.2) is 11.0 Å². The highest BCUT2D eigenvalue weighted by Gasteiger charge is 2.33. The van der Waals surface area contributed by atoms with Gasteiger partial charge in [-0.1, -0.05) is 23.7 Å². The molecule has 3 rings (SSSR count). The Bertz CT molecular complexity index is 955. The van der Waals surface area contributed by atoms with Gasteiger partial charge in [-0.15, -0.1) is 4.72 Å². The molecule has 0 saturated carbocycles. The fourth-order valence-electron chi connectivity index (χ4n) is 2.29. The van der Waals surface area contributed by atoms with Crippen molar-refractivity contribution >= 4 is 44.2 Å². The summed E-state index contributed by atoms with van der Waals surface area (Å²) < 4.78 is 42.3. The largest absolute Gasteiger partial charge is 0.417 e. The predicted molar refractivity (Wildman–Crippen MR) is 93.8 cm³/mol. The number of amides is 2. The first-order chi connectivity index (χ1) is 11.8. The predicted octanol–water partition coefficient (Wildman–Crippen LogP) is 5.74. The Balaban J connectivity index is 1.82. The molecule has 3 aromatic rings.